The zero-order valence-corrected chi connectivity index (χ0v) is 12.0. The van der Waals surface area contributed by atoms with E-state index in [4.69, 9.17) is 0 Å². The first-order valence-electron chi connectivity index (χ1n) is 7.25. The minimum absolute atomic E-state index is 0.110. The predicted molar refractivity (Wildman–Crippen MR) is 83.4 cm³/mol. The number of pyridine rings is 1. The normalized spacial score (nSPS) is 19.9. The molecule has 1 aromatic heterocycles. The second-order valence-electron chi connectivity index (χ2n) is 5.37. The van der Waals surface area contributed by atoms with Crippen molar-refractivity contribution in [3.8, 4) is 0 Å². The van der Waals surface area contributed by atoms with Gasteiger partial charge in [-0.05, 0) is 36.0 Å². The van der Waals surface area contributed by atoms with E-state index in [1.807, 2.05) is 6.07 Å². The Balaban J connectivity index is 1.61. The van der Waals surface area contributed by atoms with Crippen molar-refractivity contribution in [3.63, 3.8) is 0 Å². The van der Waals surface area contributed by atoms with E-state index in [9.17, 15) is 4.79 Å². The molecular formula is C17H19N3O. The van der Waals surface area contributed by atoms with Crippen molar-refractivity contribution in [2.75, 3.05) is 18.9 Å². The summed E-state index contributed by atoms with van der Waals surface area (Å²) in [5, 5.41) is 5.96. The molecule has 0 spiro atoms. The number of nitrogens with one attached hydrogen (secondary N) is 2. The molecule has 0 aliphatic heterocycles. The van der Waals surface area contributed by atoms with Gasteiger partial charge in [-0.2, -0.15) is 0 Å². The highest BCUT2D eigenvalue weighted by molar-refractivity contribution is 5.98. The summed E-state index contributed by atoms with van der Waals surface area (Å²) < 4.78 is 0. The number of hydrogen-bond donors (Lipinski definition) is 2. The summed E-state index contributed by atoms with van der Waals surface area (Å²) >= 11 is 0. The Morgan fingerprint density at radius 3 is 2.81 bits per heavy atom. The van der Waals surface area contributed by atoms with E-state index in [-0.39, 0.29) is 5.91 Å². The lowest BCUT2D eigenvalue weighted by Gasteiger charge is -2.09. The van der Waals surface area contributed by atoms with Gasteiger partial charge >= 0.3 is 0 Å². The molecule has 2 N–H and O–H groups in total. The van der Waals surface area contributed by atoms with Crippen molar-refractivity contribution in [1.82, 2.24) is 10.3 Å². The zero-order valence-electron chi connectivity index (χ0n) is 12.0. The summed E-state index contributed by atoms with van der Waals surface area (Å²) in [6.07, 6.45) is 2.90. The topological polar surface area (TPSA) is 54.0 Å². The largest absolute Gasteiger partial charge is 0.369 e. The molecule has 21 heavy (non-hydrogen) atoms. The van der Waals surface area contributed by atoms with Crippen molar-refractivity contribution in [3.05, 3.63) is 59.8 Å². The maximum absolute atomic E-state index is 11.8. The van der Waals surface area contributed by atoms with Crippen LogP contribution in [0.4, 0.5) is 5.82 Å². The monoisotopic (exact) mass is 281 g/mol. The Labute approximate surface area is 124 Å². The Morgan fingerprint density at radius 2 is 2.05 bits per heavy atom. The molecule has 4 nitrogen and oxygen atoms in total. The van der Waals surface area contributed by atoms with Crippen LogP contribution in [0.25, 0.3) is 0 Å². The van der Waals surface area contributed by atoms with E-state index >= 15 is 0 Å². The number of benzene rings is 1. The van der Waals surface area contributed by atoms with Crippen molar-refractivity contribution in [2.24, 2.45) is 5.92 Å². The molecule has 1 aromatic carbocycles. The van der Waals surface area contributed by atoms with E-state index < -0.39 is 0 Å². The van der Waals surface area contributed by atoms with Gasteiger partial charge in [0.2, 0.25) is 0 Å². The fourth-order valence-electron chi connectivity index (χ4n) is 2.67. The zero-order chi connectivity index (χ0) is 14.7. The van der Waals surface area contributed by atoms with Gasteiger partial charge in [-0.25, -0.2) is 4.98 Å². The summed E-state index contributed by atoms with van der Waals surface area (Å²) in [4.78, 5) is 16.1. The molecule has 1 fully saturated rings. The lowest BCUT2D eigenvalue weighted by Crippen LogP contribution is -2.20. The standard InChI is InChI=1S/C17H19N3O/c1-18-17(21)14-8-5-9-19-16(14)20-11-13-10-15(13)12-6-3-2-4-7-12/h2-9,13,15H,10-11H2,1H3,(H,18,21)(H,19,20). The second kappa shape index (κ2) is 5.95. The van der Waals surface area contributed by atoms with Crippen LogP contribution < -0.4 is 10.6 Å². The average Bonchev–Trinajstić information content (AvgIpc) is 3.33. The van der Waals surface area contributed by atoms with Gasteiger partial charge in [-0.3, -0.25) is 4.79 Å². The van der Waals surface area contributed by atoms with Crippen LogP contribution in [0.5, 0.6) is 0 Å². The molecule has 2 aromatic rings. The highest BCUT2D eigenvalue weighted by Crippen LogP contribution is 2.47. The van der Waals surface area contributed by atoms with E-state index in [1.54, 1.807) is 25.4 Å². The molecule has 0 radical (unpaired) electrons. The third-order valence-electron chi connectivity index (χ3n) is 3.96. The molecule has 0 bridgehead atoms. The maximum Gasteiger partial charge on any atom is 0.254 e. The molecule has 3 rings (SSSR count). The minimum Gasteiger partial charge on any atom is -0.369 e. The number of hydrogen-bond acceptors (Lipinski definition) is 3. The van der Waals surface area contributed by atoms with Gasteiger partial charge in [0.1, 0.15) is 5.82 Å². The molecule has 2 atom stereocenters. The van der Waals surface area contributed by atoms with E-state index in [0.717, 1.165) is 6.54 Å². The van der Waals surface area contributed by atoms with Crippen LogP contribution in [0.2, 0.25) is 0 Å². The average molecular weight is 281 g/mol. The predicted octanol–water partition coefficient (Wildman–Crippen LogP) is 2.66. The molecule has 4 heteroatoms. The van der Waals surface area contributed by atoms with E-state index in [2.05, 4.69) is 39.9 Å². The third kappa shape index (κ3) is 3.05. The smallest absolute Gasteiger partial charge is 0.254 e. The van der Waals surface area contributed by atoms with Gasteiger partial charge in [0.15, 0.2) is 0 Å². The number of amides is 1. The SMILES string of the molecule is CNC(=O)c1cccnc1NCC1CC1c1ccccc1. The van der Waals surface area contributed by atoms with E-state index in [1.165, 1.54) is 12.0 Å². The summed E-state index contributed by atoms with van der Waals surface area (Å²) in [5.41, 5.74) is 1.99. The fraction of sp³-hybridized carbons (Fsp3) is 0.294. The first-order valence-corrected chi connectivity index (χ1v) is 7.25. The number of carbonyl (C=O) groups excluding carboxylic acids is 1. The van der Waals surface area contributed by atoms with Crippen molar-refractivity contribution >= 4 is 11.7 Å². The number of anilines is 1. The molecule has 1 saturated carbocycles. The van der Waals surface area contributed by atoms with Crippen LogP contribution in [0.1, 0.15) is 28.3 Å². The Bertz CT molecular complexity index is 627. The quantitative estimate of drug-likeness (QED) is 0.886. The lowest BCUT2D eigenvalue weighted by atomic mass is 10.1. The van der Waals surface area contributed by atoms with E-state index in [0.29, 0.717) is 23.2 Å². The summed E-state index contributed by atoms with van der Waals surface area (Å²) in [6.45, 7) is 0.848. The molecule has 108 valence electrons. The molecule has 1 aliphatic rings. The van der Waals surface area contributed by atoms with Gasteiger partial charge in [0.05, 0.1) is 5.56 Å². The van der Waals surface area contributed by atoms with Crippen LogP contribution in [-0.4, -0.2) is 24.5 Å². The van der Waals surface area contributed by atoms with Crippen molar-refractivity contribution in [1.29, 1.82) is 0 Å². The van der Waals surface area contributed by atoms with Crippen molar-refractivity contribution in [2.45, 2.75) is 12.3 Å². The highest BCUT2D eigenvalue weighted by Gasteiger charge is 2.37. The Kier molecular flexibility index (Phi) is 3.86. The van der Waals surface area contributed by atoms with Crippen LogP contribution >= 0.6 is 0 Å². The van der Waals surface area contributed by atoms with Crippen LogP contribution in [0.15, 0.2) is 48.7 Å². The molecular weight excluding hydrogens is 262 g/mol. The molecule has 0 saturated heterocycles. The summed E-state index contributed by atoms with van der Waals surface area (Å²) in [6, 6.07) is 14.1. The lowest BCUT2D eigenvalue weighted by molar-refractivity contribution is 0.0963. The highest BCUT2D eigenvalue weighted by atomic mass is 16.1. The second-order valence-corrected chi connectivity index (χ2v) is 5.37. The molecule has 2 unspecified atom stereocenters. The van der Waals surface area contributed by atoms with Gasteiger partial charge in [0, 0.05) is 19.8 Å². The fourth-order valence-corrected chi connectivity index (χ4v) is 2.67. The van der Waals surface area contributed by atoms with Gasteiger partial charge < -0.3 is 10.6 Å². The number of nitrogens with zero attached hydrogens (tertiary/aromatic N) is 1. The van der Waals surface area contributed by atoms with Gasteiger partial charge in [-0.1, -0.05) is 30.3 Å². The molecule has 1 aliphatic carbocycles. The van der Waals surface area contributed by atoms with Crippen LogP contribution in [-0.2, 0) is 0 Å². The Morgan fingerprint density at radius 1 is 1.24 bits per heavy atom. The van der Waals surface area contributed by atoms with Gasteiger partial charge in [0.25, 0.3) is 5.91 Å². The minimum atomic E-state index is -0.110. The Hall–Kier alpha value is -2.36. The summed E-state index contributed by atoms with van der Waals surface area (Å²) in [7, 11) is 1.63. The number of carbonyl (C=O) groups is 1. The van der Waals surface area contributed by atoms with Crippen LogP contribution in [0, 0.1) is 5.92 Å². The number of rotatable bonds is 5. The molecule has 1 heterocycles. The number of aromatic nitrogens is 1. The summed E-state index contributed by atoms with van der Waals surface area (Å²) in [5.74, 6) is 1.80. The third-order valence-corrected chi connectivity index (χ3v) is 3.96. The van der Waals surface area contributed by atoms with Crippen molar-refractivity contribution < 1.29 is 4.79 Å². The first-order chi connectivity index (χ1) is 10.3. The van der Waals surface area contributed by atoms with Gasteiger partial charge in [-0.15, -0.1) is 0 Å². The maximum atomic E-state index is 11.8. The van der Waals surface area contributed by atoms with Crippen LogP contribution in [0.3, 0.4) is 0 Å². The molecule has 1 amide bonds. The first kappa shape index (κ1) is 13.6.